The molecule has 0 heterocycles. The smallest absolute Gasteiger partial charge is 0.416 e. The lowest BCUT2D eigenvalue weighted by Crippen LogP contribution is -2.45. The van der Waals surface area contributed by atoms with E-state index in [1.807, 2.05) is 6.26 Å². The first-order chi connectivity index (χ1) is 15.8. The maximum Gasteiger partial charge on any atom is 0.416 e. The second kappa shape index (κ2) is 12.7. The summed E-state index contributed by atoms with van der Waals surface area (Å²) in [6, 6.07) is 9.95. The summed E-state index contributed by atoms with van der Waals surface area (Å²) < 4.78 is 43.7. The summed E-state index contributed by atoms with van der Waals surface area (Å²) in [6.45, 7) is 3.90. The number of ether oxygens (including phenoxy) is 1. The second-order valence-corrected chi connectivity index (χ2v) is 7.74. The molecule has 0 radical (unpaired) electrons. The Kier molecular flexibility index (Phi) is 9.99. The van der Waals surface area contributed by atoms with Crippen molar-refractivity contribution in [3.63, 3.8) is 0 Å². The van der Waals surface area contributed by atoms with Gasteiger partial charge in [0.15, 0.2) is 0 Å². The van der Waals surface area contributed by atoms with Gasteiger partial charge in [-0.25, -0.2) is 5.43 Å². The van der Waals surface area contributed by atoms with Crippen LogP contribution in [-0.2, 0) is 11.0 Å². The third-order valence-corrected chi connectivity index (χ3v) is 5.00. The SMILES string of the molecule is C=CCOc1ccccc1C=NNC(=O)C(CCSC)NC(=O)c1ccc(C(F)(F)F)cc1. The molecule has 0 saturated heterocycles. The van der Waals surface area contributed by atoms with E-state index in [2.05, 4.69) is 22.4 Å². The van der Waals surface area contributed by atoms with E-state index in [1.165, 1.54) is 18.0 Å². The number of carbonyl (C=O) groups excluding carboxylic acids is 2. The number of rotatable bonds is 11. The number of thioether (sulfide) groups is 1. The number of amides is 2. The van der Waals surface area contributed by atoms with Gasteiger partial charge in [-0.15, -0.1) is 0 Å². The summed E-state index contributed by atoms with van der Waals surface area (Å²) in [4.78, 5) is 25.1. The highest BCUT2D eigenvalue weighted by Crippen LogP contribution is 2.29. The molecule has 0 aliphatic rings. The van der Waals surface area contributed by atoms with Crippen molar-refractivity contribution in [2.45, 2.75) is 18.6 Å². The van der Waals surface area contributed by atoms with E-state index in [0.717, 1.165) is 24.3 Å². The fraction of sp³-hybridized carbons (Fsp3) is 0.261. The molecule has 1 unspecified atom stereocenters. The van der Waals surface area contributed by atoms with Crippen LogP contribution in [0.1, 0.15) is 27.9 Å². The lowest BCUT2D eigenvalue weighted by molar-refractivity contribution is -0.137. The Morgan fingerprint density at radius 2 is 1.88 bits per heavy atom. The summed E-state index contributed by atoms with van der Waals surface area (Å²) >= 11 is 1.49. The first-order valence-corrected chi connectivity index (χ1v) is 11.3. The van der Waals surface area contributed by atoms with Crippen LogP contribution in [0.4, 0.5) is 13.2 Å². The highest BCUT2D eigenvalue weighted by Gasteiger charge is 2.30. The fourth-order valence-electron chi connectivity index (χ4n) is 2.67. The number of nitrogens with one attached hydrogen (secondary N) is 2. The molecule has 6 nitrogen and oxygen atoms in total. The van der Waals surface area contributed by atoms with Crippen LogP contribution in [-0.4, -0.2) is 42.7 Å². The van der Waals surface area contributed by atoms with E-state index >= 15 is 0 Å². The van der Waals surface area contributed by atoms with E-state index in [1.54, 1.807) is 30.3 Å². The van der Waals surface area contributed by atoms with Gasteiger partial charge in [0.2, 0.25) is 0 Å². The molecule has 0 aliphatic carbocycles. The summed E-state index contributed by atoms with van der Waals surface area (Å²) in [6.07, 6.45) is 0.688. The standard InChI is InChI=1S/C23H24F3N3O3S/c1-3-13-32-20-7-5-4-6-17(20)15-27-29-22(31)19(12-14-33-2)28-21(30)16-8-10-18(11-9-16)23(24,25)26/h3-11,15,19H,1,12-14H2,2H3,(H,28,30)(H,29,31). The van der Waals surface area contributed by atoms with Crippen LogP contribution in [0.25, 0.3) is 0 Å². The molecule has 0 spiro atoms. The largest absolute Gasteiger partial charge is 0.489 e. The van der Waals surface area contributed by atoms with Crippen LogP contribution in [0.2, 0.25) is 0 Å². The Morgan fingerprint density at radius 1 is 1.18 bits per heavy atom. The quantitative estimate of drug-likeness (QED) is 0.287. The second-order valence-electron chi connectivity index (χ2n) is 6.75. The van der Waals surface area contributed by atoms with E-state index < -0.39 is 29.6 Å². The summed E-state index contributed by atoms with van der Waals surface area (Å²) in [7, 11) is 0. The zero-order valence-electron chi connectivity index (χ0n) is 17.9. The Morgan fingerprint density at radius 3 is 2.52 bits per heavy atom. The number of carbonyl (C=O) groups is 2. The van der Waals surface area contributed by atoms with Crippen LogP contribution >= 0.6 is 11.8 Å². The molecule has 2 rings (SSSR count). The van der Waals surface area contributed by atoms with E-state index in [-0.39, 0.29) is 5.56 Å². The molecule has 2 N–H and O–H groups in total. The lowest BCUT2D eigenvalue weighted by atomic mass is 10.1. The predicted octanol–water partition coefficient (Wildman–Crippen LogP) is 4.27. The van der Waals surface area contributed by atoms with Gasteiger partial charge >= 0.3 is 6.18 Å². The number of hydrazone groups is 1. The molecule has 2 aromatic carbocycles. The van der Waals surface area contributed by atoms with E-state index in [0.29, 0.717) is 30.1 Å². The molecule has 2 aromatic rings. The maximum atomic E-state index is 12.7. The minimum absolute atomic E-state index is 0.0155. The van der Waals surface area contributed by atoms with E-state index in [4.69, 9.17) is 4.74 Å². The van der Waals surface area contributed by atoms with Crippen LogP contribution in [0, 0.1) is 0 Å². The first kappa shape index (κ1) is 26.0. The molecule has 1 atom stereocenters. The summed E-state index contributed by atoms with van der Waals surface area (Å²) in [5.41, 5.74) is 2.18. The topological polar surface area (TPSA) is 79.8 Å². The number of hydrogen-bond acceptors (Lipinski definition) is 5. The number of halogens is 3. The Labute approximate surface area is 194 Å². The van der Waals surface area contributed by atoms with E-state index in [9.17, 15) is 22.8 Å². The molecule has 0 fully saturated rings. The van der Waals surface area contributed by atoms with Gasteiger partial charge in [-0.3, -0.25) is 9.59 Å². The van der Waals surface area contributed by atoms with Gasteiger partial charge in [-0.2, -0.15) is 30.0 Å². The molecule has 0 saturated carbocycles. The number of hydrogen-bond donors (Lipinski definition) is 2. The number of benzene rings is 2. The zero-order chi connectivity index (χ0) is 24.3. The molecule has 176 valence electrons. The monoisotopic (exact) mass is 479 g/mol. The highest BCUT2D eigenvalue weighted by atomic mass is 32.2. The summed E-state index contributed by atoms with van der Waals surface area (Å²) in [5.74, 6) is -0.0695. The van der Waals surface area contributed by atoms with Crippen molar-refractivity contribution in [2.24, 2.45) is 5.10 Å². The van der Waals surface area contributed by atoms with Crippen LogP contribution in [0.5, 0.6) is 5.75 Å². The molecule has 0 aromatic heterocycles. The Bertz CT molecular complexity index is 979. The first-order valence-electron chi connectivity index (χ1n) is 9.89. The van der Waals surface area contributed by atoms with Crippen molar-refractivity contribution in [2.75, 3.05) is 18.6 Å². The van der Waals surface area contributed by atoms with Crippen molar-refractivity contribution in [3.05, 3.63) is 77.9 Å². The number of alkyl halides is 3. The van der Waals surface area contributed by atoms with Gasteiger partial charge < -0.3 is 10.1 Å². The van der Waals surface area contributed by atoms with Crippen LogP contribution in [0.3, 0.4) is 0 Å². The van der Waals surface area contributed by atoms with Gasteiger partial charge in [0.1, 0.15) is 18.4 Å². The third-order valence-electron chi connectivity index (χ3n) is 4.36. The number of para-hydroxylation sites is 1. The zero-order valence-corrected chi connectivity index (χ0v) is 18.7. The minimum atomic E-state index is -4.50. The highest BCUT2D eigenvalue weighted by molar-refractivity contribution is 7.98. The Balaban J connectivity index is 2.05. The minimum Gasteiger partial charge on any atom is -0.489 e. The van der Waals surface area contributed by atoms with Crippen molar-refractivity contribution in [3.8, 4) is 5.75 Å². The molecule has 2 amide bonds. The average Bonchev–Trinajstić information content (AvgIpc) is 2.80. The molecule has 0 aliphatic heterocycles. The van der Waals surface area contributed by atoms with Crippen molar-refractivity contribution >= 4 is 29.8 Å². The molecule has 10 heteroatoms. The number of nitrogens with zero attached hydrogens (tertiary/aromatic N) is 1. The summed E-state index contributed by atoms with van der Waals surface area (Å²) in [5, 5.41) is 6.50. The molecular weight excluding hydrogens is 455 g/mol. The molecule has 0 bridgehead atoms. The lowest BCUT2D eigenvalue weighted by Gasteiger charge is -2.17. The average molecular weight is 480 g/mol. The van der Waals surface area contributed by atoms with Gasteiger partial charge in [0.05, 0.1) is 11.8 Å². The fourth-order valence-corrected chi connectivity index (χ4v) is 3.14. The van der Waals surface area contributed by atoms with Gasteiger partial charge in [-0.05, 0) is 54.8 Å². The molecule has 33 heavy (non-hydrogen) atoms. The van der Waals surface area contributed by atoms with Crippen molar-refractivity contribution in [1.29, 1.82) is 0 Å². The third kappa shape index (κ3) is 8.30. The molecular formula is C23H24F3N3O3S. The van der Waals surface area contributed by atoms with Crippen molar-refractivity contribution < 1.29 is 27.5 Å². The van der Waals surface area contributed by atoms with Crippen LogP contribution in [0.15, 0.2) is 66.3 Å². The van der Waals surface area contributed by atoms with Crippen LogP contribution < -0.4 is 15.5 Å². The predicted molar refractivity (Wildman–Crippen MR) is 124 cm³/mol. The van der Waals surface area contributed by atoms with Crippen molar-refractivity contribution in [1.82, 2.24) is 10.7 Å². The van der Waals surface area contributed by atoms with Gasteiger partial charge in [0.25, 0.3) is 11.8 Å². The maximum absolute atomic E-state index is 12.7. The Hall–Kier alpha value is -3.27. The normalized spacial score (nSPS) is 12.2. The van der Waals surface area contributed by atoms with Gasteiger partial charge in [-0.1, -0.05) is 24.8 Å². The van der Waals surface area contributed by atoms with Gasteiger partial charge in [0, 0.05) is 11.1 Å².